The highest BCUT2D eigenvalue weighted by Crippen LogP contribution is 2.33. The minimum Gasteiger partial charge on any atom is -0.454 e. The Labute approximate surface area is 167 Å². The van der Waals surface area contributed by atoms with Crippen molar-refractivity contribution >= 4 is 18.5 Å². The molecule has 2 aromatic rings. The van der Waals surface area contributed by atoms with Crippen LogP contribution in [0.2, 0.25) is 0 Å². The molecule has 0 spiro atoms. The van der Waals surface area contributed by atoms with E-state index in [9.17, 15) is 17.6 Å². The first-order valence-electron chi connectivity index (χ1n) is 8.51. The lowest BCUT2D eigenvalue weighted by atomic mass is 10.1. The molecule has 3 rings (SSSR count). The lowest BCUT2D eigenvalue weighted by molar-refractivity contribution is -0.137. The number of likely N-dealkylation sites (N-methyl/N-ethyl adjacent to an activating group) is 1. The van der Waals surface area contributed by atoms with Crippen LogP contribution in [0.15, 0.2) is 42.5 Å². The number of alkyl halides is 3. The fourth-order valence-corrected chi connectivity index (χ4v) is 2.77. The van der Waals surface area contributed by atoms with Gasteiger partial charge in [0.2, 0.25) is 6.79 Å². The minimum absolute atomic E-state index is 0. The monoisotopic (exact) mass is 417 g/mol. The van der Waals surface area contributed by atoms with Gasteiger partial charge in [-0.1, -0.05) is 31.2 Å². The van der Waals surface area contributed by atoms with Gasteiger partial charge in [0.15, 0.2) is 11.5 Å². The zero-order chi connectivity index (χ0) is 19.4. The third-order valence-electron chi connectivity index (χ3n) is 4.28. The molecule has 0 saturated carbocycles. The average molecular weight is 418 g/mol. The number of rotatable bonds is 6. The van der Waals surface area contributed by atoms with Gasteiger partial charge >= 0.3 is 6.18 Å². The van der Waals surface area contributed by atoms with E-state index in [1.54, 1.807) is 6.08 Å². The summed E-state index contributed by atoms with van der Waals surface area (Å²) in [6, 6.07) is 8.28. The van der Waals surface area contributed by atoms with E-state index in [1.165, 1.54) is 6.08 Å². The Kier molecular flexibility index (Phi) is 7.32. The molecule has 0 radical (unpaired) electrons. The lowest BCUT2D eigenvalue weighted by Gasteiger charge is -2.18. The van der Waals surface area contributed by atoms with Gasteiger partial charge in [0, 0.05) is 18.7 Å². The van der Waals surface area contributed by atoms with E-state index >= 15 is 0 Å². The molecule has 0 N–H and O–H groups in total. The molecule has 2 aromatic carbocycles. The van der Waals surface area contributed by atoms with Gasteiger partial charge in [-0.05, 0) is 36.4 Å². The van der Waals surface area contributed by atoms with Gasteiger partial charge in [0.1, 0.15) is 5.82 Å². The van der Waals surface area contributed by atoms with Crippen molar-refractivity contribution in [2.75, 3.05) is 19.9 Å². The molecule has 28 heavy (non-hydrogen) atoms. The maximum Gasteiger partial charge on any atom is 0.416 e. The van der Waals surface area contributed by atoms with Crippen molar-refractivity contribution in [1.29, 1.82) is 0 Å². The second-order valence-corrected chi connectivity index (χ2v) is 6.15. The Hall–Kier alpha value is -2.25. The summed E-state index contributed by atoms with van der Waals surface area (Å²) in [7, 11) is 0. The van der Waals surface area contributed by atoms with Gasteiger partial charge in [-0.25, -0.2) is 4.39 Å². The van der Waals surface area contributed by atoms with Crippen molar-refractivity contribution in [3.63, 3.8) is 0 Å². The number of hydrogen-bond acceptors (Lipinski definition) is 3. The molecule has 0 unspecified atom stereocenters. The van der Waals surface area contributed by atoms with Crippen LogP contribution in [0.25, 0.3) is 6.08 Å². The van der Waals surface area contributed by atoms with Crippen molar-refractivity contribution in [3.8, 4) is 11.5 Å². The number of halogens is 5. The van der Waals surface area contributed by atoms with E-state index in [-0.39, 0.29) is 24.8 Å². The van der Waals surface area contributed by atoms with Crippen LogP contribution in [0.1, 0.15) is 23.6 Å². The van der Waals surface area contributed by atoms with Crippen molar-refractivity contribution in [1.82, 2.24) is 4.90 Å². The zero-order valence-electron chi connectivity index (χ0n) is 15.1. The number of fused-ring (bicyclic) bond motifs is 1. The molecular formula is C20H20ClF4NO2. The zero-order valence-corrected chi connectivity index (χ0v) is 15.9. The molecule has 1 aliphatic rings. The molecule has 3 nitrogen and oxygen atoms in total. The summed E-state index contributed by atoms with van der Waals surface area (Å²) in [4.78, 5) is 2.11. The maximum absolute atomic E-state index is 13.9. The molecule has 0 aliphatic carbocycles. The van der Waals surface area contributed by atoms with Crippen molar-refractivity contribution < 1.29 is 27.0 Å². The summed E-state index contributed by atoms with van der Waals surface area (Å²) >= 11 is 0. The molecule has 1 aliphatic heterocycles. The molecule has 0 atom stereocenters. The van der Waals surface area contributed by atoms with Crippen molar-refractivity contribution in [2.24, 2.45) is 0 Å². The molecule has 0 saturated heterocycles. The summed E-state index contributed by atoms with van der Waals surface area (Å²) in [6.45, 7) is 4.17. The van der Waals surface area contributed by atoms with Crippen LogP contribution in [0.3, 0.4) is 0 Å². The highest BCUT2D eigenvalue weighted by atomic mass is 35.5. The van der Waals surface area contributed by atoms with E-state index < -0.39 is 17.6 Å². The second kappa shape index (κ2) is 9.30. The normalized spacial score (nSPS) is 13.2. The van der Waals surface area contributed by atoms with Gasteiger partial charge in [-0.3, -0.25) is 4.90 Å². The highest BCUT2D eigenvalue weighted by Gasteiger charge is 2.30. The Morgan fingerprint density at radius 1 is 1.07 bits per heavy atom. The Morgan fingerprint density at radius 3 is 2.50 bits per heavy atom. The third-order valence-corrected chi connectivity index (χ3v) is 4.28. The number of benzene rings is 2. The predicted octanol–water partition coefficient (Wildman–Crippen LogP) is 5.53. The minimum atomic E-state index is -4.55. The van der Waals surface area contributed by atoms with Crippen molar-refractivity contribution in [2.45, 2.75) is 19.6 Å². The van der Waals surface area contributed by atoms with Gasteiger partial charge in [0.25, 0.3) is 0 Å². The van der Waals surface area contributed by atoms with Crippen LogP contribution in [0, 0.1) is 5.82 Å². The Morgan fingerprint density at radius 2 is 1.82 bits per heavy atom. The third kappa shape index (κ3) is 5.39. The molecule has 1 heterocycles. The molecule has 0 amide bonds. The van der Waals surface area contributed by atoms with Crippen LogP contribution in [-0.4, -0.2) is 24.8 Å². The number of hydrogen-bond donors (Lipinski definition) is 0. The first-order valence-corrected chi connectivity index (χ1v) is 8.51. The fourth-order valence-electron chi connectivity index (χ4n) is 2.77. The van der Waals surface area contributed by atoms with Crippen LogP contribution in [0.5, 0.6) is 11.5 Å². The maximum atomic E-state index is 13.9. The highest BCUT2D eigenvalue weighted by molar-refractivity contribution is 5.85. The summed E-state index contributed by atoms with van der Waals surface area (Å²) in [5, 5.41) is 0. The Bertz CT molecular complexity index is 839. The van der Waals surface area contributed by atoms with Gasteiger partial charge in [-0.15, -0.1) is 12.4 Å². The van der Waals surface area contributed by atoms with Crippen LogP contribution < -0.4 is 9.47 Å². The Balaban J connectivity index is 0.00000280. The van der Waals surface area contributed by atoms with E-state index in [2.05, 4.69) is 4.90 Å². The fraction of sp³-hybridized carbons (Fsp3) is 0.300. The van der Waals surface area contributed by atoms with Crippen molar-refractivity contribution in [3.05, 3.63) is 65.0 Å². The smallest absolute Gasteiger partial charge is 0.416 e. The van der Waals surface area contributed by atoms with E-state index in [0.717, 1.165) is 30.0 Å². The molecular weight excluding hydrogens is 398 g/mol. The van der Waals surface area contributed by atoms with Gasteiger partial charge in [0.05, 0.1) is 5.56 Å². The molecule has 152 valence electrons. The summed E-state index contributed by atoms with van der Waals surface area (Å²) < 4.78 is 62.3. The summed E-state index contributed by atoms with van der Waals surface area (Å²) in [5.41, 5.74) is 0.187. The molecule has 0 aromatic heterocycles. The first kappa shape index (κ1) is 22.0. The van der Waals surface area contributed by atoms with Gasteiger partial charge in [-0.2, -0.15) is 13.2 Å². The van der Waals surface area contributed by atoms with Crippen LogP contribution >= 0.6 is 12.4 Å². The molecule has 0 fully saturated rings. The predicted molar refractivity (Wildman–Crippen MR) is 101 cm³/mol. The number of ether oxygens (including phenoxy) is 2. The van der Waals surface area contributed by atoms with E-state index in [1.807, 2.05) is 25.1 Å². The van der Waals surface area contributed by atoms with Crippen LogP contribution in [0.4, 0.5) is 17.6 Å². The quantitative estimate of drug-likeness (QED) is 0.577. The second-order valence-electron chi connectivity index (χ2n) is 6.15. The van der Waals surface area contributed by atoms with E-state index in [0.29, 0.717) is 24.9 Å². The van der Waals surface area contributed by atoms with Crippen LogP contribution in [-0.2, 0) is 12.7 Å². The lowest BCUT2D eigenvalue weighted by Crippen LogP contribution is -2.22. The molecule has 0 bridgehead atoms. The topological polar surface area (TPSA) is 21.7 Å². The SMILES string of the molecule is CCN(C/C=C/c1ccc(C(F)(F)F)cc1F)Cc1ccc2c(c1)OCO2.Cl. The van der Waals surface area contributed by atoms with Gasteiger partial charge < -0.3 is 9.47 Å². The average Bonchev–Trinajstić information content (AvgIpc) is 3.09. The summed E-state index contributed by atoms with van der Waals surface area (Å²) in [6.07, 6.45) is -1.31. The number of nitrogens with zero attached hydrogens (tertiary/aromatic N) is 1. The van der Waals surface area contributed by atoms with E-state index in [4.69, 9.17) is 9.47 Å². The standard InChI is InChI=1S/C20H19F4NO2.ClH/c1-2-25(12-14-5-8-18-19(10-14)27-13-26-18)9-3-4-15-6-7-16(11-17(15)21)20(22,23)24;/h3-8,10-11H,2,9,12-13H2,1H3;1H/b4-3+;. The first-order chi connectivity index (χ1) is 12.9. The molecule has 8 heteroatoms. The summed E-state index contributed by atoms with van der Waals surface area (Å²) in [5.74, 6) is 0.547. The largest absolute Gasteiger partial charge is 0.454 e.